The van der Waals surface area contributed by atoms with Gasteiger partial charge in [-0.3, -0.25) is 5.01 Å². The average molecular weight is 275 g/mol. The van der Waals surface area contributed by atoms with Crippen LogP contribution in [-0.4, -0.2) is 49.6 Å². The van der Waals surface area contributed by atoms with E-state index in [2.05, 4.69) is 34.3 Å². The zero-order valence-corrected chi connectivity index (χ0v) is 12.7. The zero-order chi connectivity index (χ0) is 14.5. The number of anilines is 1. The van der Waals surface area contributed by atoms with Gasteiger partial charge in [-0.2, -0.15) is 5.10 Å². The van der Waals surface area contributed by atoms with E-state index in [1.165, 1.54) is 12.1 Å². The van der Waals surface area contributed by atoms with Gasteiger partial charge >= 0.3 is 0 Å². The third-order valence-electron chi connectivity index (χ3n) is 3.97. The van der Waals surface area contributed by atoms with E-state index in [-0.39, 0.29) is 12.1 Å². The van der Waals surface area contributed by atoms with Gasteiger partial charge in [0, 0.05) is 26.8 Å². The summed E-state index contributed by atoms with van der Waals surface area (Å²) in [5.74, 6) is 0. The van der Waals surface area contributed by atoms with Crippen LogP contribution in [0.1, 0.15) is 31.2 Å². The molecule has 0 saturated heterocycles. The third kappa shape index (κ3) is 3.73. The van der Waals surface area contributed by atoms with Crippen molar-refractivity contribution >= 4 is 11.9 Å². The predicted octanol–water partition coefficient (Wildman–Crippen LogP) is 2.32. The maximum absolute atomic E-state index is 10.0. The van der Waals surface area contributed by atoms with Crippen LogP contribution in [0.4, 0.5) is 5.69 Å². The van der Waals surface area contributed by atoms with Gasteiger partial charge in [0.2, 0.25) is 0 Å². The summed E-state index contributed by atoms with van der Waals surface area (Å²) in [5, 5.41) is 16.4. The molecule has 1 aliphatic carbocycles. The Bertz CT molecular complexity index is 442. The molecule has 2 rings (SSSR count). The standard InChI is InChI=1S/C16H25N3O/c1-18(2)14-10-8-13(9-11-14)12-17-19(3)15-6-4-5-7-16(15)20/h8-12,15-16,20H,4-7H2,1-3H3/b17-12+/t15-,16-/m1/s1. The lowest BCUT2D eigenvalue weighted by molar-refractivity contribution is 0.0338. The van der Waals surface area contributed by atoms with Gasteiger partial charge in [0.15, 0.2) is 0 Å². The lowest BCUT2D eigenvalue weighted by atomic mass is 9.92. The van der Waals surface area contributed by atoms with E-state index in [1.54, 1.807) is 0 Å². The third-order valence-corrected chi connectivity index (χ3v) is 3.97. The second-order valence-corrected chi connectivity index (χ2v) is 5.72. The van der Waals surface area contributed by atoms with Crippen LogP contribution in [0.25, 0.3) is 0 Å². The van der Waals surface area contributed by atoms with Crippen LogP contribution in [0.2, 0.25) is 0 Å². The quantitative estimate of drug-likeness (QED) is 0.677. The second-order valence-electron chi connectivity index (χ2n) is 5.72. The number of rotatable bonds is 4. The number of nitrogens with zero attached hydrogens (tertiary/aromatic N) is 3. The normalized spacial score (nSPS) is 23.0. The minimum absolute atomic E-state index is 0.154. The van der Waals surface area contributed by atoms with Crippen molar-refractivity contribution in [3.8, 4) is 0 Å². The highest BCUT2D eigenvalue weighted by molar-refractivity contribution is 5.80. The molecule has 2 atom stereocenters. The summed E-state index contributed by atoms with van der Waals surface area (Å²) in [6, 6.07) is 8.43. The van der Waals surface area contributed by atoms with Gasteiger partial charge in [-0.25, -0.2) is 0 Å². The van der Waals surface area contributed by atoms with Crippen molar-refractivity contribution in [3.63, 3.8) is 0 Å². The topological polar surface area (TPSA) is 39.1 Å². The molecule has 0 bridgehead atoms. The Labute approximate surface area is 121 Å². The summed E-state index contributed by atoms with van der Waals surface area (Å²) >= 11 is 0. The van der Waals surface area contributed by atoms with E-state index in [4.69, 9.17) is 0 Å². The van der Waals surface area contributed by atoms with Gasteiger partial charge in [-0.05, 0) is 30.5 Å². The van der Waals surface area contributed by atoms with Gasteiger partial charge in [0.25, 0.3) is 0 Å². The number of aliphatic hydroxyl groups excluding tert-OH is 1. The molecule has 0 unspecified atom stereocenters. The molecule has 1 fully saturated rings. The molecule has 0 radical (unpaired) electrons. The molecule has 0 spiro atoms. The fourth-order valence-corrected chi connectivity index (χ4v) is 2.63. The molecular formula is C16H25N3O. The minimum Gasteiger partial charge on any atom is -0.391 e. The number of likely N-dealkylation sites (N-methyl/N-ethyl adjacent to an activating group) is 1. The van der Waals surface area contributed by atoms with Crippen LogP contribution in [0.3, 0.4) is 0 Å². The van der Waals surface area contributed by atoms with Gasteiger partial charge in [0.1, 0.15) is 0 Å². The van der Waals surface area contributed by atoms with Crippen molar-refractivity contribution < 1.29 is 5.11 Å². The molecule has 0 heterocycles. The van der Waals surface area contributed by atoms with Crippen molar-refractivity contribution in [1.82, 2.24) is 5.01 Å². The molecular weight excluding hydrogens is 250 g/mol. The first-order chi connectivity index (χ1) is 9.58. The molecule has 1 N–H and O–H groups in total. The molecule has 4 nitrogen and oxygen atoms in total. The number of hydrogen-bond acceptors (Lipinski definition) is 4. The number of benzene rings is 1. The molecule has 1 saturated carbocycles. The van der Waals surface area contributed by atoms with Gasteiger partial charge in [-0.15, -0.1) is 0 Å². The monoisotopic (exact) mass is 275 g/mol. The van der Waals surface area contributed by atoms with Crippen LogP contribution < -0.4 is 4.90 Å². The fourth-order valence-electron chi connectivity index (χ4n) is 2.63. The van der Waals surface area contributed by atoms with E-state index in [1.807, 2.05) is 32.4 Å². The average Bonchev–Trinajstić information content (AvgIpc) is 2.45. The van der Waals surface area contributed by atoms with Crippen LogP contribution in [0.5, 0.6) is 0 Å². The van der Waals surface area contributed by atoms with Crippen molar-refractivity contribution in [2.75, 3.05) is 26.0 Å². The molecule has 1 aromatic rings. The SMILES string of the molecule is CN(C)c1ccc(/C=N/N(C)[C@@H]2CCCC[C@H]2O)cc1. The Morgan fingerprint density at radius 1 is 1.10 bits per heavy atom. The van der Waals surface area contributed by atoms with Crippen molar-refractivity contribution in [2.45, 2.75) is 37.8 Å². The van der Waals surface area contributed by atoms with Crippen molar-refractivity contribution in [2.24, 2.45) is 5.10 Å². The Kier molecular flexibility index (Phi) is 5.01. The van der Waals surface area contributed by atoms with Crippen molar-refractivity contribution in [1.29, 1.82) is 0 Å². The summed E-state index contributed by atoms with van der Waals surface area (Å²) in [6.07, 6.45) is 5.83. The second kappa shape index (κ2) is 6.75. The van der Waals surface area contributed by atoms with E-state index >= 15 is 0 Å². The Hall–Kier alpha value is -1.55. The Balaban J connectivity index is 1.97. The molecule has 1 aromatic carbocycles. The number of aliphatic hydroxyl groups is 1. The van der Waals surface area contributed by atoms with E-state index in [0.717, 1.165) is 24.8 Å². The van der Waals surface area contributed by atoms with E-state index in [0.29, 0.717) is 0 Å². The molecule has 110 valence electrons. The zero-order valence-electron chi connectivity index (χ0n) is 12.7. The maximum Gasteiger partial charge on any atom is 0.0759 e. The molecule has 0 aromatic heterocycles. The predicted molar refractivity (Wildman–Crippen MR) is 84.4 cm³/mol. The van der Waals surface area contributed by atoms with Crippen LogP contribution in [0, 0.1) is 0 Å². The Morgan fingerprint density at radius 3 is 2.35 bits per heavy atom. The maximum atomic E-state index is 10.0. The summed E-state index contributed by atoms with van der Waals surface area (Å²) < 4.78 is 0. The summed E-state index contributed by atoms with van der Waals surface area (Å²) in [5.41, 5.74) is 2.26. The van der Waals surface area contributed by atoms with E-state index in [9.17, 15) is 5.11 Å². The van der Waals surface area contributed by atoms with Crippen molar-refractivity contribution in [3.05, 3.63) is 29.8 Å². The van der Waals surface area contributed by atoms with Crippen LogP contribution in [0.15, 0.2) is 29.4 Å². The summed E-state index contributed by atoms with van der Waals surface area (Å²) in [7, 11) is 6.01. The molecule has 20 heavy (non-hydrogen) atoms. The minimum atomic E-state index is -0.248. The Morgan fingerprint density at radius 2 is 1.75 bits per heavy atom. The first kappa shape index (κ1) is 14.9. The molecule has 4 heteroatoms. The van der Waals surface area contributed by atoms with E-state index < -0.39 is 0 Å². The van der Waals surface area contributed by atoms with Gasteiger partial charge in [0.05, 0.1) is 18.4 Å². The summed E-state index contributed by atoms with van der Waals surface area (Å²) in [6.45, 7) is 0. The largest absolute Gasteiger partial charge is 0.391 e. The van der Waals surface area contributed by atoms with Gasteiger partial charge < -0.3 is 10.0 Å². The molecule has 0 amide bonds. The highest BCUT2D eigenvalue weighted by Crippen LogP contribution is 2.22. The molecule has 0 aliphatic heterocycles. The molecule has 1 aliphatic rings. The lowest BCUT2D eigenvalue weighted by Crippen LogP contribution is -2.40. The first-order valence-electron chi connectivity index (χ1n) is 7.30. The smallest absolute Gasteiger partial charge is 0.0759 e. The number of hydrazone groups is 1. The lowest BCUT2D eigenvalue weighted by Gasteiger charge is -2.33. The fraction of sp³-hybridized carbons (Fsp3) is 0.562. The van der Waals surface area contributed by atoms with Gasteiger partial charge in [-0.1, -0.05) is 25.0 Å². The summed E-state index contributed by atoms with van der Waals surface area (Å²) in [4.78, 5) is 2.07. The first-order valence-corrected chi connectivity index (χ1v) is 7.30. The van der Waals surface area contributed by atoms with Crippen LogP contribution >= 0.6 is 0 Å². The van der Waals surface area contributed by atoms with Crippen LogP contribution in [-0.2, 0) is 0 Å². The number of hydrogen-bond donors (Lipinski definition) is 1. The highest BCUT2D eigenvalue weighted by atomic mass is 16.3. The highest BCUT2D eigenvalue weighted by Gasteiger charge is 2.25.